The van der Waals surface area contributed by atoms with Crippen LogP contribution >= 0.6 is 0 Å². The molecule has 0 aromatic heterocycles. The van der Waals surface area contributed by atoms with Gasteiger partial charge in [0.2, 0.25) is 0 Å². The second-order valence-corrected chi connectivity index (χ2v) is 4.77. The normalized spacial score (nSPS) is 22.4. The molecule has 0 aliphatic carbocycles. The Balaban J connectivity index is 1.78. The Labute approximate surface area is 102 Å². The Bertz CT molecular complexity index is 333. The highest BCUT2D eigenvalue weighted by atomic mass is 19.1. The van der Waals surface area contributed by atoms with Gasteiger partial charge in [0.15, 0.2) is 0 Å². The van der Waals surface area contributed by atoms with Gasteiger partial charge in [-0.15, -0.1) is 0 Å². The number of hydrogen-bond acceptors (Lipinski definition) is 2. The van der Waals surface area contributed by atoms with E-state index in [-0.39, 0.29) is 5.82 Å². The first-order valence-corrected chi connectivity index (χ1v) is 6.31. The van der Waals surface area contributed by atoms with Crippen molar-refractivity contribution in [3.63, 3.8) is 0 Å². The standard InChI is InChI=1S/C14H20FNO/c1-11(13-3-2-8-17-10-13)16-9-12-4-6-14(15)7-5-12/h4-7,11,13,16H,2-3,8-10H2,1H3. The van der Waals surface area contributed by atoms with E-state index in [0.717, 1.165) is 31.7 Å². The maximum atomic E-state index is 12.7. The lowest BCUT2D eigenvalue weighted by Gasteiger charge is -2.28. The van der Waals surface area contributed by atoms with Crippen molar-refractivity contribution in [3.8, 4) is 0 Å². The van der Waals surface area contributed by atoms with E-state index in [1.807, 2.05) is 12.1 Å². The van der Waals surface area contributed by atoms with Crippen LogP contribution in [0.5, 0.6) is 0 Å². The van der Waals surface area contributed by atoms with E-state index in [0.29, 0.717) is 12.0 Å². The minimum Gasteiger partial charge on any atom is -0.381 e. The molecular weight excluding hydrogens is 217 g/mol. The van der Waals surface area contributed by atoms with Crippen LogP contribution in [-0.4, -0.2) is 19.3 Å². The molecule has 0 saturated carbocycles. The van der Waals surface area contributed by atoms with Crippen LogP contribution < -0.4 is 5.32 Å². The Morgan fingerprint density at radius 1 is 1.41 bits per heavy atom. The zero-order valence-corrected chi connectivity index (χ0v) is 10.3. The molecule has 1 aliphatic rings. The van der Waals surface area contributed by atoms with E-state index in [4.69, 9.17) is 4.74 Å². The summed E-state index contributed by atoms with van der Waals surface area (Å²) in [6, 6.07) is 7.11. The third-order valence-electron chi connectivity index (χ3n) is 3.44. The van der Waals surface area contributed by atoms with Gasteiger partial charge in [0.25, 0.3) is 0 Å². The van der Waals surface area contributed by atoms with Crippen molar-refractivity contribution in [1.29, 1.82) is 0 Å². The van der Waals surface area contributed by atoms with Crippen LogP contribution in [0.25, 0.3) is 0 Å². The molecule has 1 saturated heterocycles. The van der Waals surface area contributed by atoms with Crippen molar-refractivity contribution in [2.75, 3.05) is 13.2 Å². The molecule has 1 heterocycles. The van der Waals surface area contributed by atoms with Gasteiger partial charge in [0.1, 0.15) is 5.82 Å². The average molecular weight is 237 g/mol. The Hall–Kier alpha value is -0.930. The van der Waals surface area contributed by atoms with Crippen molar-refractivity contribution in [3.05, 3.63) is 35.6 Å². The summed E-state index contributed by atoms with van der Waals surface area (Å²) in [6.07, 6.45) is 2.39. The fourth-order valence-corrected chi connectivity index (χ4v) is 2.21. The Kier molecular flexibility index (Phi) is 4.51. The lowest BCUT2D eigenvalue weighted by atomic mass is 9.95. The van der Waals surface area contributed by atoms with Gasteiger partial charge in [0.05, 0.1) is 6.61 Å². The van der Waals surface area contributed by atoms with Crippen LogP contribution in [0.4, 0.5) is 4.39 Å². The van der Waals surface area contributed by atoms with Crippen molar-refractivity contribution in [2.24, 2.45) is 5.92 Å². The van der Waals surface area contributed by atoms with Gasteiger partial charge >= 0.3 is 0 Å². The zero-order chi connectivity index (χ0) is 12.1. The van der Waals surface area contributed by atoms with Crippen molar-refractivity contribution in [2.45, 2.75) is 32.4 Å². The summed E-state index contributed by atoms with van der Waals surface area (Å²) in [4.78, 5) is 0. The molecule has 0 radical (unpaired) electrons. The number of ether oxygens (including phenoxy) is 1. The average Bonchev–Trinajstić information content (AvgIpc) is 2.39. The molecule has 2 atom stereocenters. The van der Waals surface area contributed by atoms with Crippen LogP contribution in [0.1, 0.15) is 25.3 Å². The van der Waals surface area contributed by atoms with Crippen LogP contribution in [0.3, 0.4) is 0 Å². The second-order valence-electron chi connectivity index (χ2n) is 4.77. The molecule has 2 rings (SSSR count). The second kappa shape index (κ2) is 6.12. The highest BCUT2D eigenvalue weighted by Gasteiger charge is 2.19. The van der Waals surface area contributed by atoms with Gasteiger partial charge in [-0.25, -0.2) is 4.39 Å². The Morgan fingerprint density at radius 3 is 2.82 bits per heavy atom. The van der Waals surface area contributed by atoms with E-state index < -0.39 is 0 Å². The zero-order valence-electron chi connectivity index (χ0n) is 10.3. The molecule has 1 aromatic rings. The first-order valence-electron chi connectivity index (χ1n) is 6.31. The van der Waals surface area contributed by atoms with Crippen molar-refractivity contribution in [1.82, 2.24) is 5.32 Å². The summed E-state index contributed by atoms with van der Waals surface area (Å²) < 4.78 is 18.2. The first-order chi connectivity index (χ1) is 8.25. The minimum atomic E-state index is -0.178. The van der Waals surface area contributed by atoms with Gasteiger partial charge in [-0.05, 0) is 43.4 Å². The van der Waals surface area contributed by atoms with Crippen molar-refractivity contribution < 1.29 is 9.13 Å². The molecule has 1 aliphatic heterocycles. The maximum Gasteiger partial charge on any atom is 0.123 e. The highest BCUT2D eigenvalue weighted by molar-refractivity contribution is 5.15. The van der Waals surface area contributed by atoms with Crippen LogP contribution in [0, 0.1) is 11.7 Å². The molecular formula is C14H20FNO. The fraction of sp³-hybridized carbons (Fsp3) is 0.571. The quantitative estimate of drug-likeness (QED) is 0.869. The first kappa shape index (κ1) is 12.5. The third-order valence-corrected chi connectivity index (χ3v) is 3.44. The lowest BCUT2D eigenvalue weighted by Crippen LogP contribution is -2.37. The molecule has 2 nitrogen and oxygen atoms in total. The number of halogens is 1. The van der Waals surface area contributed by atoms with Crippen LogP contribution in [0.15, 0.2) is 24.3 Å². The molecule has 0 bridgehead atoms. The van der Waals surface area contributed by atoms with E-state index >= 15 is 0 Å². The predicted molar refractivity (Wildman–Crippen MR) is 66.2 cm³/mol. The molecule has 1 aromatic carbocycles. The number of benzene rings is 1. The summed E-state index contributed by atoms with van der Waals surface area (Å²) in [5.41, 5.74) is 1.12. The lowest BCUT2D eigenvalue weighted by molar-refractivity contribution is 0.0417. The van der Waals surface area contributed by atoms with Gasteiger partial charge in [-0.1, -0.05) is 12.1 Å². The SMILES string of the molecule is CC(NCc1ccc(F)cc1)C1CCCOC1. The molecule has 2 unspecified atom stereocenters. The van der Waals surface area contributed by atoms with E-state index in [2.05, 4.69) is 12.2 Å². The third kappa shape index (κ3) is 3.79. The van der Waals surface area contributed by atoms with Gasteiger partial charge < -0.3 is 10.1 Å². The topological polar surface area (TPSA) is 21.3 Å². The molecule has 0 amide bonds. The molecule has 94 valence electrons. The largest absolute Gasteiger partial charge is 0.381 e. The van der Waals surface area contributed by atoms with E-state index in [1.54, 1.807) is 0 Å². The molecule has 3 heteroatoms. The minimum absolute atomic E-state index is 0.178. The number of hydrogen-bond donors (Lipinski definition) is 1. The van der Waals surface area contributed by atoms with Crippen LogP contribution in [-0.2, 0) is 11.3 Å². The number of rotatable bonds is 4. The smallest absolute Gasteiger partial charge is 0.123 e. The maximum absolute atomic E-state index is 12.7. The number of nitrogens with one attached hydrogen (secondary N) is 1. The Morgan fingerprint density at radius 2 is 2.18 bits per heavy atom. The molecule has 1 N–H and O–H groups in total. The highest BCUT2D eigenvalue weighted by Crippen LogP contribution is 2.17. The summed E-state index contributed by atoms with van der Waals surface area (Å²) in [6.45, 7) is 4.75. The van der Waals surface area contributed by atoms with Gasteiger partial charge in [-0.3, -0.25) is 0 Å². The summed E-state index contributed by atoms with van der Waals surface area (Å²) in [5.74, 6) is 0.423. The summed E-state index contributed by atoms with van der Waals surface area (Å²) in [7, 11) is 0. The molecule has 0 spiro atoms. The van der Waals surface area contributed by atoms with E-state index in [9.17, 15) is 4.39 Å². The monoisotopic (exact) mass is 237 g/mol. The van der Waals surface area contributed by atoms with Crippen molar-refractivity contribution >= 4 is 0 Å². The predicted octanol–water partition coefficient (Wildman–Crippen LogP) is 2.73. The summed E-state index contributed by atoms with van der Waals surface area (Å²) >= 11 is 0. The van der Waals surface area contributed by atoms with Crippen LogP contribution in [0.2, 0.25) is 0 Å². The van der Waals surface area contributed by atoms with E-state index in [1.165, 1.54) is 18.6 Å². The van der Waals surface area contributed by atoms with Gasteiger partial charge in [0, 0.05) is 19.2 Å². The van der Waals surface area contributed by atoms with Gasteiger partial charge in [-0.2, -0.15) is 0 Å². The fourth-order valence-electron chi connectivity index (χ4n) is 2.21. The molecule has 1 fully saturated rings. The summed E-state index contributed by atoms with van der Waals surface area (Å²) in [5, 5.41) is 3.49. The molecule has 17 heavy (non-hydrogen) atoms.